The maximum absolute atomic E-state index is 11.5. The lowest BCUT2D eigenvalue weighted by Crippen LogP contribution is -2.36. The molecule has 0 aromatic heterocycles. The minimum Gasteiger partial charge on any atom is -0.366 e. The lowest BCUT2D eigenvalue weighted by molar-refractivity contribution is 0.176. The summed E-state index contributed by atoms with van der Waals surface area (Å²) < 4.78 is 26.9. The van der Waals surface area contributed by atoms with Crippen LogP contribution in [0, 0.1) is 0 Å². The fourth-order valence-corrected chi connectivity index (χ4v) is 1.87. The van der Waals surface area contributed by atoms with E-state index in [0.29, 0.717) is 0 Å². The molecule has 0 N–H and O–H groups in total. The quantitative estimate of drug-likeness (QED) is 0.641. The molecular formula is C7H16O3S. The van der Waals surface area contributed by atoms with Gasteiger partial charge in [-0.2, -0.15) is 0 Å². The fraction of sp³-hybridized carbons (Fsp3) is 1.00. The Morgan fingerprint density at radius 2 is 1.64 bits per heavy atom. The van der Waals surface area contributed by atoms with Crippen molar-refractivity contribution in [2.24, 2.45) is 0 Å². The van der Waals surface area contributed by atoms with E-state index in [9.17, 15) is 8.42 Å². The molecule has 1 unspecified atom stereocenters. The number of hydrogen-bond donors (Lipinski definition) is 0. The van der Waals surface area contributed by atoms with Crippen molar-refractivity contribution < 1.29 is 13.2 Å². The van der Waals surface area contributed by atoms with E-state index < -0.39 is 20.0 Å². The van der Waals surface area contributed by atoms with Gasteiger partial charge in [0.15, 0.2) is 15.3 Å². The summed E-state index contributed by atoms with van der Waals surface area (Å²) in [5, 5.41) is 0. The Morgan fingerprint density at radius 1 is 1.27 bits per heavy atom. The number of methoxy groups -OCH3 is 1. The predicted molar refractivity (Wildman–Crippen MR) is 45.1 cm³/mol. The zero-order valence-corrected chi connectivity index (χ0v) is 8.53. The van der Waals surface area contributed by atoms with Crippen LogP contribution in [0.15, 0.2) is 0 Å². The van der Waals surface area contributed by atoms with E-state index in [1.54, 1.807) is 27.7 Å². The molecule has 0 aromatic carbocycles. The van der Waals surface area contributed by atoms with Crippen molar-refractivity contribution in [3.05, 3.63) is 0 Å². The Balaban J connectivity index is 4.77. The van der Waals surface area contributed by atoms with E-state index >= 15 is 0 Å². The number of ether oxygens (including phenoxy) is 1. The van der Waals surface area contributed by atoms with E-state index in [-0.39, 0.29) is 0 Å². The summed E-state index contributed by atoms with van der Waals surface area (Å²) in [5.41, 5.74) is -0.720. The third kappa shape index (κ3) is 2.17. The molecule has 0 spiro atoms. The first-order valence-electron chi connectivity index (χ1n) is 3.49. The summed E-state index contributed by atoms with van der Waals surface area (Å²) in [7, 11) is -1.75. The van der Waals surface area contributed by atoms with Crippen molar-refractivity contribution >= 4 is 9.84 Å². The average molecular weight is 180 g/mol. The Bertz CT molecular complexity index is 210. The molecule has 0 saturated carbocycles. The molecule has 11 heavy (non-hydrogen) atoms. The first-order valence-corrected chi connectivity index (χ1v) is 5.04. The molecule has 0 aliphatic rings. The van der Waals surface area contributed by atoms with Gasteiger partial charge in [0.1, 0.15) is 0 Å². The van der Waals surface area contributed by atoms with Crippen LogP contribution >= 0.6 is 0 Å². The van der Waals surface area contributed by atoms with Crippen LogP contribution < -0.4 is 0 Å². The highest BCUT2D eigenvalue weighted by molar-refractivity contribution is 7.93. The van der Waals surface area contributed by atoms with Crippen molar-refractivity contribution in [3.63, 3.8) is 0 Å². The molecule has 0 amide bonds. The van der Waals surface area contributed by atoms with E-state index in [1.807, 2.05) is 0 Å². The molecule has 3 nitrogen and oxygen atoms in total. The van der Waals surface area contributed by atoms with Gasteiger partial charge >= 0.3 is 0 Å². The summed E-state index contributed by atoms with van der Waals surface area (Å²) in [6, 6.07) is 0. The smallest absolute Gasteiger partial charge is 0.181 e. The molecule has 68 valence electrons. The van der Waals surface area contributed by atoms with Gasteiger partial charge in [0.2, 0.25) is 0 Å². The van der Waals surface area contributed by atoms with Gasteiger partial charge in [0.05, 0.1) is 4.75 Å². The molecule has 0 aliphatic carbocycles. The molecule has 1 atom stereocenters. The van der Waals surface area contributed by atoms with Crippen LogP contribution in [-0.4, -0.2) is 25.7 Å². The molecule has 0 fully saturated rings. The average Bonchev–Trinajstić information content (AvgIpc) is 1.83. The Kier molecular flexibility index (Phi) is 3.08. The van der Waals surface area contributed by atoms with E-state index in [0.717, 1.165) is 0 Å². The highest BCUT2D eigenvalue weighted by Crippen LogP contribution is 2.20. The Labute approximate surface area is 68.7 Å². The molecule has 0 heterocycles. The van der Waals surface area contributed by atoms with Gasteiger partial charge in [0.25, 0.3) is 0 Å². The zero-order chi connectivity index (χ0) is 9.28. The fourth-order valence-electron chi connectivity index (χ4n) is 0.625. The van der Waals surface area contributed by atoms with Crippen molar-refractivity contribution in [1.82, 2.24) is 0 Å². The summed E-state index contributed by atoms with van der Waals surface area (Å²) in [5.74, 6) is 0. The Hall–Kier alpha value is -0.0900. The van der Waals surface area contributed by atoms with Gasteiger partial charge in [-0.1, -0.05) is 0 Å². The van der Waals surface area contributed by atoms with Gasteiger partial charge < -0.3 is 4.74 Å². The van der Waals surface area contributed by atoms with Crippen molar-refractivity contribution in [2.45, 2.75) is 37.9 Å². The molecule has 0 saturated heterocycles. The van der Waals surface area contributed by atoms with Crippen LogP contribution in [0.3, 0.4) is 0 Å². The summed E-state index contributed by atoms with van der Waals surface area (Å²) >= 11 is 0. The summed E-state index contributed by atoms with van der Waals surface area (Å²) in [6.45, 7) is 6.54. The minimum absolute atomic E-state index is 0.720. The second-order valence-electron chi connectivity index (χ2n) is 3.46. The van der Waals surface area contributed by atoms with Crippen LogP contribution in [0.4, 0.5) is 0 Å². The first-order chi connectivity index (χ1) is 4.73. The zero-order valence-electron chi connectivity index (χ0n) is 7.71. The minimum atomic E-state index is -3.15. The third-order valence-electron chi connectivity index (χ3n) is 1.62. The summed E-state index contributed by atoms with van der Waals surface area (Å²) in [6.07, 6.45) is 0. The molecule has 0 bridgehead atoms. The first kappa shape index (κ1) is 10.9. The topological polar surface area (TPSA) is 43.4 Å². The largest absolute Gasteiger partial charge is 0.366 e. The maximum Gasteiger partial charge on any atom is 0.181 e. The predicted octanol–water partition coefficient (Wildman–Crippen LogP) is 1.19. The molecule has 4 heteroatoms. The van der Waals surface area contributed by atoms with Crippen LogP contribution in [-0.2, 0) is 14.6 Å². The van der Waals surface area contributed by atoms with Crippen LogP contribution in [0.1, 0.15) is 27.7 Å². The number of sulfone groups is 1. The summed E-state index contributed by atoms with van der Waals surface area (Å²) in [4.78, 5) is 0. The molecule has 0 rings (SSSR count). The third-order valence-corrected chi connectivity index (χ3v) is 4.40. The second-order valence-corrected chi connectivity index (χ2v) is 6.44. The lowest BCUT2D eigenvalue weighted by Gasteiger charge is -2.23. The number of rotatable bonds is 2. The van der Waals surface area contributed by atoms with Crippen molar-refractivity contribution in [3.8, 4) is 0 Å². The monoisotopic (exact) mass is 180 g/mol. The van der Waals surface area contributed by atoms with Gasteiger partial charge in [0, 0.05) is 7.11 Å². The Morgan fingerprint density at radius 3 is 1.73 bits per heavy atom. The molecule has 0 radical (unpaired) electrons. The normalized spacial score (nSPS) is 16.5. The SMILES string of the molecule is COC(C)S(=O)(=O)C(C)(C)C. The molecule has 0 aromatic rings. The standard InChI is InChI=1S/C7H16O3S/c1-6(10-5)11(8,9)7(2,3)4/h6H,1-5H3. The van der Waals surface area contributed by atoms with Gasteiger partial charge in [-0.3, -0.25) is 0 Å². The van der Waals surface area contributed by atoms with E-state index in [4.69, 9.17) is 4.74 Å². The second kappa shape index (κ2) is 3.11. The molecule has 0 aliphatic heterocycles. The highest BCUT2D eigenvalue weighted by Gasteiger charge is 2.34. The van der Waals surface area contributed by atoms with Gasteiger partial charge in [-0.05, 0) is 27.7 Å². The van der Waals surface area contributed by atoms with Crippen molar-refractivity contribution in [2.75, 3.05) is 7.11 Å². The molecular weight excluding hydrogens is 164 g/mol. The van der Waals surface area contributed by atoms with Crippen molar-refractivity contribution in [1.29, 1.82) is 0 Å². The maximum atomic E-state index is 11.5. The van der Waals surface area contributed by atoms with Crippen LogP contribution in [0.5, 0.6) is 0 Å². The van der Waals surface area contributed by atoms with Gasteiger partial charge in [-0.25, -0.2) is 8.42 Å². The highest BCUT2D eigenvalue weighted by atomic mass is 32.2. The lowest BCUT2D eigenvalue weighted by atomic mass is 10.3. The van der Waals surface area contributed by atoms with Crippen LogP contribution in [0.2, 0.25) is 0 Å². The van der Waals surface area contributed by atoms with E-state index in [1.165, 1.54) is 7.11 Å². The van der Waals surface area contributed by atoms with E-state index in [2.05, 4.69) is 0 Å². The van der Waals surface area contributed by atoms with Gasteiger partial charge in [-0.15, -0.1) is 0 Å². The van der Waals surface area contributed by atoms with Crippen LogP contribution in [0.25, 0.3) is 0 Å². The number of hydrogen-bond acceptors (Lipinski definition) is 3.